The van der Waals surface area contributed by atoms with E-state index in [1.165, 1.54) is 12.3 Å². The van der Waals surface area contributed by atoms with Gasteiger partial charge in [0.25, 0.3) is 0 Å². The molecular weight excluding hydrogens is 392 g/mol. The predicted molar refractivity (Wildman–Crippen MR) is 87.1 cm³/mol. The second-order valence-electron chi connectivity index (χ2n) is 5.42. The first-order valence-electron chi connectivity index (χ1n) is 7.70. The van der Waals surface area contributed by atoms with Gasteiger partial charge >= 0.3 is 12.4 Å². The van der Waals surface area contributed by atoms with Gasteiger partial charge in [0.1, 0.15) is 11.5 Å². The quantitative estimate of drug-likeness (QED) is 0.375. The lowest BCUT2D eigenvalue weighted by Gasteiger charge is -2.14. The molecule has 0 bridgehead atoms. The highest BCUT2D eigenvalue weighted by molar-refractivity contribution is 6.08. The fourth-order valence-electron chi connectivity index (χ4n) is 1.97. The minimum Gasteiger partial charge on any atom is -0.484 e. The topological polar surface area (TPSA) is 48.4 Å². The van der Waals surface area contributed by atoms with Crippen LogP contribution < -0.4 is 9.47 Å². The molecule has 1 aromatic carbocycles. The van der Waals surface area contributed by atoms with Gasteiger partial charge in [0.2, 0.25) is 0 Å². The summed E-state index contributed by atoms with van der Waals surface area (Å²) in [5, 5.41) is 0. The van der Waals surface area contributed by atoms with Gasteiger partial charge < -0.3 is 9.47 Å². The monoisotopic (exact) mass is 405 g/mol. The van der Waals surface area contributed by atoms with Crippen molar-refractivity contribution in [1.29, 1.82) is 0 Å². The van der Waals surface area contributed by atoms with Gasteiger partial charge in [-0.1, -0.05) is 6.07 Å². The second-order valence-corrected chi connectivity index (χ2v) is 5.42. The van der Waals surface area contributed by atoms with Crippen LogP contribution >= 0.6 is 0 Å². The van der Waals surface area contributed by atoms with E-state index in [4.69, 9.17) is 0 Å². The fourth-order valence-corrected chi connectivity index (χ4v) is 1.97. The summed E-state index contributed by atoms with van der Waals surface area (Å²) in [5.74, 6) is -1.57. The Kier molecular flexibility index (Phi) is 6.66. The first-order valence-corrected chi connectivity index (χ1v) is 7.70. The third kappa shape index (κ3) is 7.29. The number of rotatable bonds is 7. The maximum Gasteiger partial charge on any atom is 0.422 e. The van der Waals surface area contributed by atoms with E-state index in [2.05, 4.69) is 14.5 Å². The lowest BCUT2D eigenvalue weighted by atomic mass is 10.1. The Morgan fingerprint density at radius 2 is 1.64 bits per heavy atom. The van der Waals surface area contributed by atoms with E-state index in [0.29, 0.717) is 5.69 Å². The molecule has 4 nitrogen and oxygen atoms in total. The zero-order chi connectivity index (χ0) is 20.8. The lowest BCUT2D eigenvalue weighted by molar-refractivity contribution is -0.154. The summed E-state index contributed by atoms with van der Waals surface area (Å²) in [4.78, 5) is 16.3. The summed E-state index contributed by atoms with van der Waals surface area (Å²) in [6.45, 7) is -3.28. The molecule has 0 saturated carbocycles. The minimum atomic E-state index is -4.66. The Bertz CT molecular complexity index is 831. The molecule has 0 fully saturated rings. The van der Waals surface area contributed by atoms with Crippen LogP contribution in [0.1, 0.15) is 16.1 Å². The molecule has 28 heavy (non-hydrogen) atoms. The Hall–Kier alpha value is -3.04. The third-order valence-electron chi connectivity index (χ3n) is 3.10. The molecule has 150 valence electrons. The number of aromatic nitrogens is 1. The van der Waals surface area contributed by atoms with Crippen LogP contribution in [-0.2, 0) is 0 Å². The van der Waals surface area contributed by atoms with E-state index in [1.807, 2.05) is 0 Å². The van der Waals surface area contributed by atoms with E-state index in [-0.39, 0.29) is 11.3 Å². The van der Waals surface area contributed by atoms with E-state index >= 15 is 0 Å². The molecule has 0 radical (unpaired) electrons. The van der Waals surface area contributed by atoms with Gasteiger partial charge in [0.05, 0.1) is 11.3 Å². The summed E-state index contributed by atoms with van der Waals surface area (Å²) in [6.07, 6.45) is -5.48. The first-order chi connectivity index (χ1) is 13.0. The Balaban J connectivity index is 2.27. The van der Waals surface area contributed by atoms with Gasteiger partial charge in [-0.2, -0.15) is 26.3 Å². The van der Waals surface area contributed by atoms with E-state index in [0.717, 1.165) is 24.3 Å². The highest BCUT2D eigenvalue weighted by Crippen LogP contribution is 2.28. The molecule has 1 heterocycles. The SMILES string of the molecule is O=C(/C=C/c1ccccn1)c1cc(OCC(F)(F)F)ccc1OCC(F)(F)F. The van der Waals surface area contributed by atoms with Crippen LogP contribution in [0.4, 0.5) is 26.3 Å². The zero-order valence-corrected chi connectivity index (χ0v) is 14.1. The number of pyridine rings is 1. The first kappa shape index (κ1) is 21.3. The molecular formula is C18H13F6NO3. The van der Waals surface area contributed by atoms with Gasteiger partial charge in [0.15, 0.2) is 19.0 Å². The van der Waals surface area contributed by atoms with Gasteiger partial charge in [-0.3, -0.25) is 9.78 Å². The van der Waals surface area contributed by atoms with Crippen LogP contribution in [0.5, 0.6) is 11.5 Å². The molecule has 0 saturated heterocycles. The molecule has 0 N–H and O–H groups in total. The second kappa shape index (κ2) is 8.77. The number of hydrogen-bond acceptors (Lipinski definition) is 4. The van der Waals surface area contributed by atoms with Crippen molar-refractivity contribution in [3.8, 4) is 11.5 Å². The summed E-state index contributed by atoms with van der Waals surface area (Å²) in [7, 11) is 0. The van der Waals surface area contributed by atoms with E-state index in [9.17, 15) is 31.1 Å². The molecule has 0 spiro atoms. The molecule has 0 amide bonds. The van der Waals surface area contributed by atoms with Gasteiger partial charge in [-0.05, 0) is 42.5 Å². The number of alkyl halides is 6. The fraction of sp³-hybridized carbons (Fsp3) is 0.222. The molecule has 0 atom stereocenters. The standard InChI is InChI=1S/C18H13F6NO3/c19-17(20,21)10-27-13-5-7-16(28-11-18(22,23)24)14(9-13)15(26)6-4-12-3-1-2-8-25-12/h1-9H,10-11H2/b6-4+. The summed E-state index contributed by atoms with van der Waals surface area (Å²) < 4.78 is 83.2. The van der Waals surface area contributed by atoms with E-state index in [1.54, 1.807) is 18.2 Å². The maximum atomic E-state index is 12.4. The van der Waals surface area contributed by atoms with Crippen LogP contribution in [0.25, 0.3) is 6.08 Å². The number of nitrogens with zero attached hydrogens (tertiary/aromatic N) is 1. The maximum absolute atomic E-state index is 12.4. The molecule has 0 aliphatic rings. The highest BCUT2D eigenvalue weighted by Gasteiger charge is 2.30. The van der Waals surface area contributed by atoms with Crippen LogP contribution in [0.3, 0.4) is 0 Å². The number of allylic oxidation sites excluding steroid dienone is 1. The predicted octanol–water partition coefficient (Wildman–Crippen LogP) is 4.86. The van der Waals surface area contributed by atoms with Crippen LogP contribution in [-0.4, -0.2) is 36.3 Å². The normalized spacial score (nSPS) is 12.2. The average molecular weight is 405 g/mol. The van der Waals surface area contributed by atoms with Crippen molar-refractivity contribution in [2.45, 2.75) is 12.4 Å². The lowest BCUT2D eigenvalue weighted by Crippen LogP contribution is -2.21. The van der Waals surface area contributed by atoms with E-state index < -0.39 is 37.1 Å². The number of carbonyl (C=O) groups excluding carboxylic acids is 1. The van der Waals surface area contributed by atoms with Crippen LogP contribution in [0, 0.1) is 0 Å². The Morgan fingerprint density at radius 1 is 0.964 bits per heavy atom. The summed E-state index contributed by atoms with van der Waals surface area (Å²) >= 11 is 0. The summed E-state index contributed by atoms with van der Waals surface area (Å²) in [5.41, 5.74) is 0.0224. The van der Waals surface area contributed by atoms with Crippen LogP contribution in [0.2, 0.25) is 0 Å². The van der Waals surface area contributed by atoms with Crippen molar-refractivity contribution >= 4 is 11.9 Å². The number of ether oxygens (including phenoxy) is 2. The number of carbonyl (C=O) groups is 1. The molecule has 0 aliphatic heterocycles. The molecule has 0 unspecified atom stereocenters. The molecule has 2 rings (SSSR count). The number of hydrogen-bond donors (Lipinski definition) is 0. The molecule has 2 aromatic rings. The minimum absolute atomic E-state index is 0.341. The largest absolute Gasteiger partial charge is 0.484 e. The Labute approximate surface area is 155 Å². The van der Waals surface area contributed by atoms with Gasteiger partial charge in [-0.15, -0.1) is 0 Å². The van der Waals surface area contributed by atoms with Crippen molar-refractivity contribution < 1.29 is 40.6 Å². The summed E-state index contributed by atoms with van der Waals surface area (Å²) in [6, 6.07) is 7.69. The number of ketones is 1. The third-order valence-corrected chi connectivity index (χ3v) is 3.10. The Morgan fingerprint density at radius 3 is 2.25 bits per heavy atom. The molecule has 1 aromatic heterocycles. The highest BCUT2D eigenvalue weighted by atomic mass is 19.4. The van der Waals surface area contributed by atoms with Gasteiger partial charge in [-0.25, -0.2) is 0 Å². The number of halogens is 6. The molecule has 10 heteroatoms. The van der Waals surface area contributed by atoms with Gasteiger partial charge in [0, 0.05) is 6.20 Å². The zero-order valence-electron chi connectivity index (χ0n) is 14.1. The van der Waals surface area contributed by atoms with Crippen molar-refractivity contribution in [3.63, 3.8) is 0 Å². The van der Waals surface area contributed by atoms with Crippen molar-refractivity contribution in [2.24, 2.45) is 0 Å². The van der Waals surface area contributed by atoms with Crippen molar-refractivity contribution in [2.75, 3.05) is 13.2 Å². The smallest absolute Gasteiger partial charge is 0.422 e. The van der Waals surface area contributed by atoms with Crippen LogP contribution in [0.15, 0.2) is 48.7 Å². The van der Waals surface area contributed by atoms with Crippen molar-refractivity contribution in [1.82, 2.24) is 4.98 Å². The molecule has 0 aliphatic carbocycles. The van der Waals surface area contributed by atoms with Crippen molar-refractivity contribution in [3.05, 3.63) is 59.9 Å². The average Bonchev–Trinajstić information content (AvgIpc) is 2.62. The number of benzene rings is 1.